The average Bonchev–Trinajstić information content (AvgIpc) is 2.50. The molecule has 1 aromatic heterocycles. The first-order chi connectivity index (χ1) is 6.92. The molecule has 0 aliphatic heterocycles. The van der Waals surface area contributed by atoms with Crippen molar-refractivity contribution >= 4 is 9.84 Å². The molecule has 86 valence electrons. The topological polar surface area (TPSA) is 72.2 Å². The third-order valence-corrected chi connectivity index (χ3v) is 2.67. The summed E-state index contributed by atoms with van der Waals surface area (Å²) in [6.07, 6.45) is 2.63. The molecule has 0 fully saturated rings. The van der Waals surface area contributed by atoms with Crippen LogP contribution in [0, 0.1) is 0 Å². The second kappa shape index (κ2) is 4.76. The lowest BCUT2D eigenvalue weighted by Gasteiger charge is -2.06. The summed E-state index contributed by atoms with van der Waals surface area (Å²) in [6, 6.07) is 0.00307. The zero-order valence-corrected chi connectivity index (χ0v) is 9.97. The van der Waals surface area contributed by atoms with E-state index in [0.29, 0.717) is 11.7 Å². The van der Waals surface area contributed by atoms with Crippen LogP contribution >= 0.6 is 0 Å². The number of rotatable bonds is 5. The van der Waals surface area contributed by atoms with Crippen molar-refractivity contribution in [1.29, 1.82) is 0 Å². The zero-order chi connectivity index (χ0) is 11.5. The molecular weight excluding hydrogens is 216 g/mol. The van der Waals surface area contributed by atoms with Crippen LogP contribution in [-0.4, -0.2) is 26.2 Å². The van der Waals surface area contributed by atoms with Gasteiger partial charge >= 0.3 is 0 Å². The minimum atomic E-state index is -3.06. The van der Waals surface area contributed by atoms with Gasteiger partial charge < -0.3 is 9.73 Å². The van der Waals surface area contributed by atoms with Gasteiger partial charge in [0.1, 0.15) is 11.5 Å². The minimum absolute atomic E-state index is 0.00307. The number of nitrogens with zero attached hydrogens (tertiary/aromatic N) is 1. The van der Waals surface area contributed by atoms with Crippen LogP contribution in [0.5, 0.6) is 0 Å². The van der Waals surface area contributed by atoms with Crippen LogP contribution in [0.25, 0.3) is 0 Å². The average molecular weight is 232 g/mol. The van der Waals surface area contributed by atoms with E-state index in [-0.39, 0.29) is 11.8 Å². The van der Waals surface area contributed by atoms with Gasteiger partial charge in [-0.25, -0.2) is 13.4 Å². The third kappa shape index (κ3) is 4.01. The van der Waals surface area contributed by atoms with Gasteiger partial charge in [-0.2, -0.15) is 0 Å². The van der Waals surface area contributed by atoms with Gasteiger partial charge in [-0.05, 0) is 13.5 Å². The number of aromatic nitrogens is 1. The van der Waals surface area contributed by atoms with E-state index in [0.717, 1.165) is 6.54 Å². The number of nitrogens with one attached hydrogen (secondary N) is 1. The molecule has 0 saturated carbocycles. The summed E-state index contributed by atoms with van der Waals surface area (Å²) in [5.41, 5.74) is 0. The van der Waals surface area contributed by atoms with E-state index in [1.807, 2.05) is 13.8 Å². The highest BCUT2D eigenvalue weighted by molar-refractivity contribution is 7.89. The molecule has 0 aliphatic rings. The Bertz CT molecular complexity index is 411. The van der Waals surface area contributed by atoms with E-state index < -0.39 is 9.84 Å². The lowest BCUT2D eigenvalue weighted by Crippen LogP contribution is -2.17. The van der Waals surface area contributed by atoms with Gasteiger partial charge in [0.2, 0.25) is 5.89 Å². The Labute approximate surface area is 89.8 Å². The molecule has 6 heteroatoms. The third-order valence-electron chi connectivity index (χ3n) is 1.86. The van der Waals surface area contributed by atoms with Gasteiger partial charge in [-0.3, -0.25) is 0 Å². The van der Waals surface area contributed by atoms with Gasteiger partial charge in [0.15, 0.2) is 9.84 Å². The number of hydrogen-bond acceptors (Lipinski definition) is 5. The first kappa shape index (κ1) is 12.2. The fourth-order valence-electron chi connectivity index (χ4n) is 1.24. The van der Waals surface area contributed by atoms with E-state index in [1.165, 1.54) is 12.5 Å². The molecular formula is C9H16N2O3S. The second-order valence-electron chi connectivity index (χ2n) is 3.51. The maximum Gasteiger partial charge on any atom is 0.211 e. The van der Waals surface area contributed by atoms with Crippen molar-refractivity contribution in [2.75, 3.05) is 12.8 Å². The first-order valence-corrected chi connectivity index (χ1v) is 6.84. The largest absolute Gasteiger partial charge is 0.443 e. The van der Waals surface area contributed by atoms with Crippen LogP contribution in [0.1, 0.15) is 31.5 Å². The molecule has 1 aromatic rings. The molecule has 0 amide bonds. The number of oxazole rings is 1. The van der Waals surface area contributed by atoms with Crippen molar-refractivity contribution in [2.45, 2.75) is 25.6 Å². The normalized spacial score (nSPS) is 14.1. The van der Waals surface area contributed by atoms with Gasteiger partial charge in [0, 0.05) is 6.26 Å². The predicted octanol–water partition coefficient (Wildman–Crippen LogP) is 0.890. The summed E-state index contributed by atoms with van der Waals surface area (Å²) in [4.78, 5) is 4.03. The summed E-state index contributed by atoms with van der Waals surface area (Å²) in [5, 5.41) is 3.13. The van der Waals surface area contributed by atoms with E-state index in [9.17, 15) is 8.42 Å². The highest BCUT2D eigenvalue weighted by Crippen LogP contribution is 2.14. The Morgan fingerprint density at radius 1 is 1.60 bits per heavy atom. The summed E-state index contributed by atoms with van der Waals surface area (Å²) < 4.78 is 27.3. The van der Waals surface area contributed by atoms with Crippen molar-refractivity contribution in [3.05, 3.63) is 17.8 Å². The molecule has 1 atom stereocenters. The van der Waals surface area contributed by atoms with E-state index in [4.69, 9.17) is 4.42 Å². The van der Waals surface area contributed by atoms with Gasteiger partial charge in [0.05, 0.1) is 12.2 Å². The van der Waals surface area contributed by atoms with Crippen LogP contribution in [0.2, 0.25) is 0 Å². The second-order valence-corrected chi connectivity index (χ2v) is 5.65. The fourth-order valence-corrected chi connectivity index (χ4v) is 1.89. The first-order valence-electron chi connectivity index (χ1n) is 4.78. The maximum absolute atomic E-state index is 11.0. The fraction of sp³-hybridized carbons (Fsp3) is 0.667. The number of hydrogen-bond donors (Lipinski definition) is 1. The summed E-state index contributed by atoms with van der Waals surface area (Å²) >= 11 is 0. The molecule has 1 N–H and O–H groups in total. The molecule has 1 unspecified atom stereocenters. The SMILES string of the molecule is CCNC(C)c1ncc(CS(C)(=O)=O)o1. The van der Waals surface area contributed by atoms with Crippen LogP contribution in [0.3, 0.4) is 0 Å². The zero-order valence-electron chi connectivity index (χ0n) is 9.15. The van der Waals surface area contributed by atoms with Gasteiger partial charge in [0.25, 0.3) is 0 Å². The molecule has 0 aromatic carbocycles. The Morgan fingerprint density at radius 3 is 2.80 bits per heavy atom. The summed E-state index contributed by atoms with van der Waals surface area (Å²) in [7, 11) is -3.06. The molecule has 5 nitrogen and oxygen atoms in total. The van der Waals surface area contributed by atoms with Crippen molar-refractivity contribution in [1.82, 2.24) is 10.3 Å². The molecule has 0 aliphatic carbocycles. The Balaban J connectivity index is 2.72. The lowest BCUT2D eigenvalue weighted by atomic mass is 10.3. The van der Waals surface area contributed by atoms with Crippen molar-refractivity contribution in [3.63, 3.8) is 0 Å². The van der Waals surface area contributed by atoms with Crippen molar-refractivity contribution < 1.29 is 12.8 Å². The molecule has 0 spiro atoms. The molecule has 1 heterocycles. The van der Waals surface area contributed by atoms with Gasteiger partial charge in [-0.15, -0.1) is 0 Å². The van der Waals surface area contributed by atoms with Crippen LogP contribution in [0.4, 0.5) is 0 Å². The van der Waals surface area contributed by atoms with Crippen LogP contribution in [0.15, 0.2) is 10.6 Å². The predicted molar refractivity (Wildman–Crippen MR) is 57.1 cm³/mol. The molecule has 1 rings (SSSR count). The van der Waals surface area contributed by atoms with Gasteiger partial charge in [-0.1, -0.05) is 6.92 Å². The summed E-state index contributed by atoms with van der Waals surface area (Å²) in [6.45, 7) is 4.71. The number of sulfone groups is 1. The Morgan fingerprint density at radius 2 is 2.27 bits per heavy atom. The monoisotopic (exact) mass is 232 g/mol. The van der Waals surface area contributed by atoms with Crippen molar-refractivity contribution in [2.24, 2.45) is 0 Å². The minimum Gasteiger partial charge on any atom is -0.443 e. The van der Waals surface area contributed by atoms with E-state index in [2.05, 4.69) is 10.3 Å². The van der Waals surface area contributed by atoms with E-state index >= 15 is 0 Å². The van der Waals surface area contributed by atoms with Crippen LogP contribution in [-0.2, 0) is 15.6 Å². The molecule has 0 saturated heterocycles. The van der Waals surface area contributed by atoms with Crippen LogP contribution < -0.4 is 5.32 Å². The smallest absolute Gasteiger partial charge is 0.211 e. The molecule has 0 radical (unpaired) electrons. The van der Waals surface area contributed by atoms with Crippen molar-refractivity contribution in [3.8, 4) is 0 Å². The highest BCUT2D eigenvalue weighted by atomic mass is 32.2. The quantitative estimate of drug-likeness (QED) is 0.816. The lowest BCUT2D eigenvalue weighted by molar-refractivity contribution is 0.405. The Kier molecular flexibility index (Phi) is 3.87. The highest BCUT2D eigenvalue weighted by Gasteiger charge is 2.13. The summed E-state index contributed by atoms with van der Waals surface area (Å²) in [5.74, 6) is 0.812. The van der Waals surface area contributed by atoms with E-state index in [1.54, 1.807) is 0 Å². The Hall–Kier alpha value is -0.880. The molecule has 0 bridgehead atoms. The standard InChI is InChI=1S/C9H16N2O3S/c1-4-10-7(2)9-11-5-8(14-9)6-15(3,12)13/h5,7,10H,4,6H2,1-3H3. The maximum atomic E-state index is 11.0. The molecule has 15 heavy (non-hydrogen) atoms.